The molecule has 2 N–H and O–H groups in total. The third kappa shape index (κ3) is 4.00. The minimum absolute atomic E-state index is 0.116. The van der Waals surface area contributed by atoms with E-state index in [1.165, 1.54) is 24.3 Å². The molecule has 0 saturated heterocycles. The Balaban J connectivity index is 1.74. The van der Waals surface area contributed by atoms with Gasteiger partial charge in [-0.25, -0.2) is 4.39 Å². The maximum absolute atomic E-state index is 13.0. The molecule has 2 aromatic carbocycles. The van der Waals surface area contributed by atoms with Gasteiger partial charge in [-0.05, 0) is 56.3 Å². The quantitative estimate of drug-likeness (QED) is 0.793. The Morgan fingerprint density at radius 1 is 1.30 bits per heavy atom. The van der Waals surface area contributed by atoms with Gasteiger partial charge < -0.3 is 15.2 Å². The van der Waals surface area contributed by atoms with Crippen LogP contribution >= 0.6 is 0 Å². The Hall–Kier alpha value is -2.75. The standard InChI is InChI=1S/C21H21FN2O3/c1-21(2)20(26)19(16-11-13(12-23)3-8-18(16)27-21)24-10-9-17(25)14-4-6-15(22)7-5-14/h3-8,11,19-20,24,26H,9-10H2,1-2H3. The van der Waals surface area contributed by atoms with Crippen LogP contribution in [0.4, 0.5) is 4.39 Å². The van der Waals surface area contributed by atoms with E-state index in [2.05, 4.69) is 11.4 Å². The van der Waals surface area contributed by atoms with Crippen molar-refractivity contribution >= 4 is 5.78 Å². The molecule has 140 valence electrons. The fourth-order valence-electron chi connectivity index (χ4n) is 3.21. The van der Waals surface area contributed by atoms with Crippen molar-refractivity contribution in [3.63, 3.8) is 0 Å². The molecular weight excluding hydrogens is 347 g/mol. The maximum Gasteiger partial charge on any atom is 0.164 e. The van der Waals surface area contributed by atoms with Crippen molar-refractivity contribution in [2.45, 2.75) is 38.0 Å². The molecule has 0 amide bonds. The lowest BCUT2D eigenvalue weighted by molar-refractivity contribution is -0.0644. The highest BCUT2D eigenvalue weighted by Crippen LogP contribution is 2.40. The highest BCUT2D eigenvalue weighted by atomic mass is 19.1. The van der Waals surface area contributed by atoms with E-state index in [9.17, 15) is 14.3 Å². The fourth-order valence-corrected chi connectivity index (χ4v) is 3.21. The Morgan fingerprint density at radius 3 is 2.67 bits per heavy atom. The summed E-state index contributed by atoms with van der Waals surface area (Å²) in [6.45, 7) is 3.90. The third-order valence-corrected chi connectivity index (χ3v) is 4.76. The van der Waals surface area contributed by atoms with Gasteiger partial charge in [0.05, 0.1) is 17.7 Å². The SMILES string of the molecule is CC1(C)Oc2ccc(C#N)cc2C(NCCC(=O)c2ccc(F)cc2)C1O. The van der Waals surface area contributed by atoms with E-state index in [1.807, 2.05) is 0 Å². The number of Topliss-reactive ketones (excluding diaryl/α,β-unsaturated/α-hetero) is 1. The van der Waals surface area contributed by atoms with Crippen molar-refractivity contribution in [1.29, 1.82) is 5.26 Å². The lowest BCUT2D eigenvalue weighted by Crippen LogP contribution is -2.52. The number of halogens is 1. The molecule has 1 heterocycles. The molecule has 27 heavy (non-hydrogen) atoms. The van der Waals surface area contributed by atoms with Crippen LogP contribution < -0.4 is 10.1 Å². The molecule has 6 heteroatoms. The first-order valence-electron chi connectivity index (χ1n) is 8.75. The summed E-state index contributed by atoms with van der Waals surface area (Å²) in [6.07, 6.45) is -0.663. The number of nitriles is 1. The van der Waals surface area contributed by atoms with Crippen molar-refractivity contribution in [2.75, 3.05) is 6.54 Å². The monoisotopic (exact) mass is 368 g/mol. The number of benzene rings is 2. The van der Waals surface area contributed by atoms with Crippen LogP contribution in [0, 0.1) is 17.1 Å². The molecule has 5 nitrogen and oxygen atoms in total. The molecule has 3 rings (SSSR count). The van der Waals surface area contributed by atoms with Gasteiger partial charge in [-0.3, -0.25) is 4.79 Å². The minimum Gasteiger partial charge on any atom is -0.485 e. The molecule has 0 aliphatic carbocycles. The average molecular weight is 368 g/mol. The molecule has 2 unspecified atom stereocenters. The Kier molecular flexibility index (Phi) is 5.26. The summed E-state index contributed by atoms with van der Waals surface area (Å²) in [5.74, 6) is 0.100. The highest BCUT2D eigenvalue weighted by Gasteiger charge is 2.42. The van der Waals surface area contributed by atoms with E-state index in [4.69, 9.17) is 10.00 Å². The topological polar surface area (TPSA) is 82.3 Å². The van der Waals surface area contributed by atoms with Gasteiger partial charge in [-0.15, -0.1) is 0 Å². The lowest BCUT2D eigenvalue weighted by Gasteiger charge is -2.42. The number of nitrogens with one attached hydrogen (secondary N) is 1. The molecule has 1 aliphatic heterocycles. The highest BCUT2D eigenvalue weighted by molar-refractivity contribution is 5.96. The Labute approximate surface area is 157 Å². The molecule has 0 bridgehead atoms. The first-order chi connectivity index (χ1) is 12.8. The van der Waals surface area contributed by atoms with E-state index in [1.54, 1.807) is 32.0 Å². The van der Waals surface area contributed by atoms with Crippen LogP contribution in [0.25, 0.3) is 0 Å². The summed E-state index contributed by atoms with van der Waals surface area (Å²) in [7, 11) is 0. The molecule has 0 spiro atoms. The predicted molar refractivity (Wildman–Crippen MR) is 98.0 cm³/mol. The summed E-state index contributed by atoms with van der Waals surface area (Å²) in [6, 6.07) is 12.1. The summed E-state index contributed by atoms with van der Waals surface area (Å²) in [4.78, 5) is 12.3. The van der Waals surface area contributed by atoms with Crippen molar-refractivity contribution in [1.82, 2.24) is 5.32 Å². The van der Waals surface area contributed by atoms with Gasteiger partial charge in [0, 0.05) is 24.1 Å². The molecule has 0 radical (unpaired) electrons. The largest absolute Gasteiger partial charge is 0.485 e. The van der Waals surface area contributed by atoms with E-state index in [-0.39, 0.29) is 18.0 Å². The zero-order chi connectivity index (χ0) is 19.6. The second kappa shape index (κ2) is 7.47. The number of ketones is 1. The normalized spacial score (nSPS) is 20.3. The number of ether oxygens (including phenoxy) is 1. The van der Waals surface area contributed by atoms with Gasteiger partial charge in [-0.1, -0.05) is 0 Å². The molecule has 0 fully saturated rings. The van der Waals surface area contributed by atoms with E-state index in [0.717, 1.165) is 0 Å². The van der Waals surface area contributed by atoms with E-state index < -0.39 is 17.7 Å². The predicted octanol–water partition coefficient (Wildman–Crippen LogP) is 3.13. The molecular formula is C21H21FN2O3. The van der Waals surface area contributed by atoms with Gasteiger partial charge in [0.2, 0.25) is 0 Å². The van der Waals surface area contributed by atoms with Crippen LogP contribution in [0.2, 0.25) is 0 Å². The average Bonchev–Trinajstić information content (AvgIpc) is 2.64. The number of carbonyl (C=O) groups is 1. The van der Waals surface area contributed by atoms with Gasteiger partial charge in [0.15, 0.2) is 5.78 Å². The van der Waals surface area contributed by atoms with Gasteiger partial charge in [0.1, 0.15) is 23.3 Å². The van der Waals surface area contributed by atoms with Crippen LogP contribution in [0.5, 0.6) is 5.75 Å². The van der Waals surface area contributed by atoms with Crippen LogP contribution in [0.1, 0.15) is 47.8 Å². The number of nitrogens with zero attached hydrogens (tertiary/aromatic N) is 1. The van der Waals surface area contributed by atoms with Gasteiger partial charge >= 0.3 is 0 Å². The van der Waals surface area contributed by atoms with Crippen LogP contribution in [0.15, 0.2) is 42.5 Å². The summed E-state index contributed by atoms with van der Waals surface area (Å²) >= 11 is 0. The van der Waals surface area contributed by atoms with Crippen LogP contribution in [-0.4, -0.2) is 29.1 Å². The van der Waals surface area contributed by atoms with E-state index in [0.29, 0.717) is 29.0 Å². The van der Waals surface area contributed by atoms with Gasteiger partial charge in [0.25, 0.3) is 0 Å². The summed E-state index contributed by atoms with van der Waals surface area (Å²) in [5.41, 5.74) is 0.784. The minimum atomic E-state index is -0.861. The number of rotatable bonds is 5. The second-order valence-electron chi connectivity index (χ2n) is 7.13. The number of carbonyl (C=O) groups excluding carboxylic acids is 1. The third-order valence-electron chi connectivity index (χ3n) is 4.76. The first-order valence-corrected chi connectivity index (χ1v) is 8.75. The Morgan fingerprint density at radius 2 is 2.00 bits per heavy atom. The van der Waals surface area contributed by atoms with Crippen molar-refractivity contribution in [2.24, 2.45) is 0 Å². The smallest absolute Gasteiger partial charge is 0.164 e. The van der Waals surface area contributed by atoms with Crippen molar-refractivity contribution in [3.05, 3.63) is 65.0 Å². The molecule has 2 aromatic rings. The van der Waals surface area contributed by atoms with E-state index >= 15 is 0 Å². The number of fused-ring (bicyclic) bond motifs is 1. The molecule has 0 saturated carbocycles. The maximum atomic E-state index is 13.0. The van der Waals surface area contributed by atoms with Crippen LogP contribution in [-0.2, 0) is 0 Å². The zero-order valence-electron chi connectivity index (χ0n) is 15.2. The zero-order valence-corrected chi connectivity index (χ0v) is 15.2. The second-order valence-corrected chi connectivity index (χ2v) is 7.13. The Bertz CT molecular complexity index is 887. The molecule has 0 aromatic heterocycles. The molecule has 2 atom stereocenters. The first kappa shape index (κ1) is 19.0. The number of hydrogen-bond acceptors (Lipinski definition) is 5. The summed E-state index contributed by atoms with van der Waals surface area (Å²) < 4.78 is 18.8. The number of aliphatic hydroxyl groups is 1. The van der Waals surface area contributed by atoms with Crippen LogP contribution in [0.3, 0.4) is 0 Å². The fraction of sp³-hybridized carbons (Fsp3) is 0.333. The lowest BCUT2D eigenvalue weighted by atomic mass is 9.86. The number of aliphatic hydroxyl groups excluding tert-OH is 1. The van der Waals surface area contributed by atoms with Gasteiger partial charge in [-0.2, -0.15) is 5.26 Å². The molecule has 1 aliphatic rings. The van der Waals surface area contributed by atoms with Crippen molar-refractivity contribution < 1.29 is 19.0 Å². The number of hydrogen-bond donors (Lipinski definition) is 2. The summed E-state index contributed by atoms with van der Waals surface area (Å²) in [5, 5.41) is 23.1. The van der Waals surface area contributed by atoms with Crippen molar-refractivity contribution in [3.8, 4) is 11.8 Å².